The Balaban J connectivity index is 2.38. The summed E-state index contributed by atoms with van der Waals surface area (Å²) in [6, 6.07) is 6.59. The quantitative estimate of drug-likeness (QED) is 0.825. The summed E-state index contributed by atoms with van der Waals surface area (Å²) < 4.78 is 5.60. The number of aryl methyl sites for hydroxylation is 1. The van der Waals surface area contributed by atoms with Gasteiger partial charge in [0.15, 0.2) is 5.58 Å². The normalized spacial score (nSPS) is 10.9. The molecular weight excluding hydrogens is 190 g/mol. The molecule has 0 unspecified atom stereocenters. The fourth-order valence-corrected chi connectivity index (χ4v) is 1.48. The average molecular weight is 205 g/mol. The average Bonchev–Trinajstić information content (AvgIpc) is 2.60. The molecule has 0 amide bonds. The summed E-state index contributed by atoms with van der Waals surface area (Å²) in [6.07, 6.45) is 0. The molecule has 0 spiro atoms. The van der Waals surface area contributed by atoms with Crippen LogP contribution in [0.25, 0.3) is 11.1 Å². The first-order valence-corrected chi connectivity index (χ1v) is 4.99. The van der Waals surface area contributed by atoms with Gasteiger partial charge in [-0.05, 0) is 24.6 Å². The van der Waals surface area contributed by atoms with Crippen LogP contribution in [0.15, 0.2) is 22.6 Å². The van der Waals surface area contributed by atoms with Gasteiger partial charge in [0.2, 0.25) is 0 Å². The van der Waals surface area contributed by atoms with Crippen molar-refractivity contribution in [1.29, 1.82) is 0 Å². The monoisotopic (exact) mass is 205 g/mol. The minimum atomic E-state index is 0.592. The fraction of sp³-hybridized carbons (Fsp3) is 0.364. The summed E-state index contributed by atoms with van der Waals surface area (Å²) in [4.78, 5) is 6.31. The van der Waals surface area contributed by atoms with Crippen LogP contribution >= 0.6 is 0 Å². The van der Waals surface area contributed by atoms with Crippen LogP contribution in [0.3, 0.4) is 0 Å². The third-order valence-electron chi connectivity index (χ3n) is 2.32. The summed E-state index contributed by atoms with van der Waals surface area (Å²) in [6.45, 7) is 3.37. The molecule has 0 saturated carbocycles. The van der Waals surface area contributed by atoms with Crippen molar-refractivity contribution >= 4 is 17.1 Å². The van der Waals surface area contributed by atoms with E-state index >= 15 is 0 Å². The molecule has 1 aromatic heterocycles. The highest BCUT2D eigenvalue weighted by Crippen LogP contribution is 2.21. The minimum absolute atomic E-state index is 0.592. The van der Waals surface area contributed by atoms with Gasteiger partial charge in [-0.1, -0.05) is 6.07 Å². The number of oxazole rings is 1. The van der Waals surface area contributed by atoms with Gasteiger partial charge in [0.25, 0.3) is 6.01 Å². The molecule has 4 heteroatoms. The van der Waals surface area contributed by atoms with Gasteiger partial charge in [0, 0.05) is 20.1 Å². The molecule has 2 rings (SSSR count). The number of nitrogens with two attached hydrogens (primary N) is 1. The topological polar surface area (TPSA) is 55.3 Å². The number of fused-ring (bicyclic) bond motifs is 1. The van der Waals surface area contributed by atoms with Gasteiger partial charge in [0.05, 0.1) is 0 Å². The molecule has 4 nitrogen and oxygen atoms in total. The molecule has 0 aliphatic heterocycles. The number of anilines is 1. The molecule has 1 heterocycles. The second-order valence-electron chi connectivity index (χ2n) is 3.68. The maximum Gasteiger partial charge on any atom is 0.298 e. The summed E-state index contributed by atoms with van der Waals surface area (Å²) in [5.74, 6) is 0. The predicted molar refractivity (Wildman–Crippen MR) is 61.1 cm³/mol. The van der Waals surface area contributed by atoms with Crippen LogP contribution in [0.1, 0.15) is 5.56 Å². The molecule has 80 valence electrons. The highest BCUT2D eigenvalue weighted by atomic mass is 16.4. The summed E-state index contributed by atoms with van der Waals surface area (Å²) in [5.41, 5.74) is 8.37. The van der Waals surface area contributed by atoms with E-state index in [0.29, 0.717) is 12.6 Å². The minimum Gasteiger partial charge on any atom is -0.423 e. The first-order valence-electron chi connectivity index (χ1n) is 4.99. The fourth-order valence-electron chi connectivity index (χ4n) is 1.48. The molecule has 1 aromatic carbocycles. The lowest BCUT2D eigenvalue weighted by molar-refractivity contribution is 0.584. The van der Waals surface area contributed by atoms with Crippen molar-refractivity contribution in [3.05, 3.63) is 23.8 Å². The lowest BCUT2D eigenvalue weighted by Crippen LogP contribution is -2.25. The molecule has 0 saturated heterocycles. The van der Waals surface area contributed by atoms with Crippen LogP contribution in [-0.2, 0) is 0 Å². The van der Waals surface area contributed by atoms with Crippen molar-refractivity contribution in [2.45, 2.75) is 6.92 Å². The number of rotatable bonds is 3. The van der Waals surface area contributed by atoms with Crippen molar-refractivity contribution in [3.63, 3.8) is 0 Å². The number of benzene rings is 1. The lowest BCUT2D eigenvalue weighted by atomic mass is 10.2. The van der Waals surface area contributed by atoms with Gasteiger partial charge >= 0.3 is 0 Å². The van der Waals surface area contributed by atoms with Crippen LogP contribution in [0.5, 0.6) is 0 Å². The highest BCUT2D eigenvalue weighted by Gasteiger charge is 2.09. The van der Waals surface area contributed by atoms with Crippen molar-refractivity contribution in [2.24, 2.45) is 5.73 Å². The summed E-state index contributed by atoms with van der Waals surface area (Å²) >= 11 is 0. The van der Waals surface area contributed by atoms with Crippen molar-refractivity contribution in [3.8, 4) is 0 Å². The lowest BCUT2D eigenvalue weighted by Gasteiger charge is -2.11. The van der Waals surface area contributed by atoms with Gasteiger partial charge in [-0.3, -0.25) is 0 Å². The Hall–Kier alpha value is -1.55. The Morgan fingerprint density at radius 1 is 1.47 bits per heavy atom. The van der Waals surface area contributed by atoms with Crippen LogP contribution < -0.4 is 10.6 Å². The van der Waals surface area contributed by atoms with Gasteiger partial charge in [0.1, 0.15) is 5.52 Å². The first-order chi connectivity index (χ1) is 7.20. The Bertz CT molecular complexity index is 464. The van der Waals surface area contributed by atoms with Gasteiger partial charge in [-0.2, -0.15) is 4.98 Å². The van der Waals surface area contributed by atoms with E-state index < -0.39 is 0 Å². The maximum absolute atomic E-state index is 5.60. The zero-order valence-corrected chi connectivity index (χ0v) is 9.03. The number of nitrogens with zero attached hydrogens (tertiary/aromatic N) is 2. The van der Waals surface area contributed by atoms with E-state index in [0.717, 1.165) is 17.6 Å². The number of hydrogen-bond acceptors (Lipinski definition) is 4. The van der Waals surface area contributed by atoms with Crippen LogP contribution in [0.2, 0.25) is 0 Å². The molecule has 0 bridgehead atoms. The Morgan fingerprint density at radius 3 is 3.00 bits per heavy atom. The smallest absolute Gasteiger partial charge is 0.298 e. The van der Waals surface area contributed by atoms with Gasteiger partial charge in [-0.25, -0.2) is 0 Å². The molecule has 0 fully saturated rings. The second-order valence-corrected chi connectivity index (χ2v) is 3.68. The van der Waals surface area contributed by atoms with E-state index in [2.05, 4.69) is 4.98 Å². The number of likely N-dealkylation sites (N-methyl/N-ethyl adjacent to an activating group) is 1. The highest BCUT2D eigenvalue weighted by molar-refractivity contribution is 5.75. The van der Waals surface area contributed by atoms with Gasteiger partial charge < -0.3 is 15.1 Å². The number of hydrogen-bond donors (Lipinski definition) is 1. The maximum atomic E-state index is 5.60. The van der Waals surface area contributed by atoms with Crippen LogP contribution in [-0.4, -0.2) is 25.1 Å². The third-order valence-corrected chi connectivity index (χ3v) is 2.32. The predicted octanol–water partition coefficient (Wildman–Crippen LogP) is 1.53. The van der Waals surface area contributed by atoms with Gasteiger partial charge in [-0.15, -0.1) is 0 Å². The molecule has 0 aliphatic carbocycles. The first kappa shape index (κ1) is 9.98. The third kappa shape index (κ3) is 1.94. The molecule has 2 N–H and O–H groups in total. The second kappa shape index (κ2) is 3.90. The Labute approximate surface area is 88.7 Å². The standard InChI is InChI=1S/C11H15N3O/c1-8-3-4-10-9(7-8)13-11(15-10)14(2)6-5-12/h3-4,7H,5-6,12H2,1-2H3. The molecule has 15 heavy (non-hydrogen) atoms. The molecule has 0 radical (unpaired) electrons. The van der Waals surface area contributed by atoms with Crippen molar-refractivity contribution in [1.82, 2.24) is 4.98 Å². The van der Waals surface area contributed by atoms with E-state index in [4.69, 9.17) is 10.2 Å². The van der Waals surface area contributed by atoms with Crippen molar-refractivity contribution in [2.75, 3.05) is 25.0 Å². The van der Waals surface area contributed by atoms with E-state index in [1.54, 1.807) is 0 Å². The SMILES string of the molecule is Cc1ccc2oc(N(C)CCN)nc2c1. The van der Waals surface area contributed by atoms with Crippen LogP contribution in [0.4, 0.5) is 6.01 Å². The molecule has 2 aromatic rings. The molecule has 0 atom stereocenters. The Morgan fingerprint density at radius 2 is 2.27 bits per heavy atom. The summed E-state index contributed by atoms with van der Waals surface area (Å²) in [7, 11) is 1.92. The van der Waals surface area contributed by atoms with E-state index in [1.807, 2.05) is 37.1 Å². The summed E-state index contributed by atoms with van der Waals surface area (Å²) in [5, 5.41) is 0. The van der Waals surface area contributed by atoms with E-state index in [-0.39, 0.29) is 0 Å². The van der Waals surface area contributed by atoms with E-state index in [1.165, 1.54) is 5.56 Å². The molecular formula is C11H15N3O. The van der Waals surface area contributed by atoms with E-state index in [9.17, 15) is 0 Å². The van der Waals surface area contributed by atoms with Crippen molar-refractivity contribution < 1.29 is 4.42 Å². The zero-order chi connectivity index (χ0) is 10.8. The molecule has 0 aliphatic rings. The largest absolute Gasteiger partial charge is 0.423 e. The number of aromatic nitrogens is 1. The van der Waals surface area contributed by atoms with Crippen LogP contribution in [0, 0.1) is 6.92 Å². The zero-order valence-electron chi connectivity index (χ0n) is 9.03. The Kier molecular flexibility index (Phi) is 2.60.